The van der Waals surface area contributed by atoms with Crippen molar-refractivity contribution >= 4 is 21.8 Å². The average Bonchev–Trinajstić information content (AvgIpc) is 2.62. The molecule has 5 nitrogen and oxygen atoms in total. The highest BCUT2D eigenvalue weighted by Crippen LogP contribution is 2.32. The van der Waals surface area contributed by atoms with Crippen LogP contribution in [0.4, 0.5) is 9.57 Å². The van der Waals surface area contributed by atoms with E-state index in [-0.39, 0.29) is 24.6 Å². The molecule has 1 aromatic carbocycles. The molecule has 0 radical (unpaired) electrons. The van der Waals surface area contributed by atoms with Crippen LogP contribution in [0.1, 0.15) is 17.5 Å². The molecular weight excluding hydrogens is 285 g/mol. The summed E-state index contributed by atoms with van der Waals surface area (Å²) in [6.07, 6.45) is 0.0164. The zero-order valence-corrected chi connectivity index (χ0v) is 12.1. The van der Waals surface area contributed by atoms with Gasteiger partial charge in [0.2, 0.25) is 5.91 Å². The Bertz CT molecular complexity index is 657. The molecule has 0 bridgehead atoms. The van der Waals surface area contributed by atoms with Gasteiger partial charge >= 0.3 is 10.2 Å². The van der Waals surface area contributed by atoms with Gasteiger partial charge < -0.3 is 10.0 Å². The van der Waals surface area contributed by atoms with Gasteiger partial charge in [-0.1, -0.05) is 0 Å². The van der Waals surface area contributed by atoms with Gasteiger partial charge in [0.25, 0.3) is 0 Å². The molecule has 0 spiro atoms. The number of hydrogen-bond acceptors (Lipinski definition) is 4. The molecule has 1 saturated heterocycles. The molecule has 0 aromatic heterocycles. The Hall–Kier alpha value is -1.63. The highest BCUT2D eigenvalue weighted by atomic mass is 32.3. The van der Waals surface area contributed by atoms with E-state index < -0.39 is 21.9 Å². The van der Waals surface area contributed by atoms with Crippen molar-refractivity contribution in [3.05, 3.63) is 23.3 Å². The lowest BCUT2D eigenvalue weighted by molar-refractivity contribution is -0.117. The minimum atomic E-state index is -4.58. The summed E-state index contributed by atoms with van der Waals surface area (Å²) in [5.74, 6) is -1.26. The highest BCUT2D eigenvalue weighted by Gasteiger charge is 2.34. The topological polar surface area (TPSA) is 74.7 Å². The molecule has 1 heterocycles. The number of nitrogens with zero attached hydrogens (tertiary/aromatic N) is 1. The Morgan fingerprint density at radius 1 is 1.35 bits per heavy atom. The van der Waals surface area contributed by atoms with E-state index >= 15 is 0 Å². The maximum Gasteiger partial charge on any atom is 0.302 e. The number of hydrogen-bond donors (Lipinski definition) is 1. The number of benzene rings is 1. The number of amides is 1. The number of aryl methyl sites for hydroxylation is 2. The van der Waals surface area contributed by atoms with Crippen molar-refractivity contribution in [2.45, 2.75) is 20.3 Å². The average molecular weight is 301 g/mol. The van der Waals surface area contributed by atoms with Crippen molar-refractivity contribution in [3.8, 4) is 5.75 Å². The predicted octanol–water partition coefficient (Wildman–Crippen LogP) is 1.66. The number of carbonyl (C=O) groups excluding carboxylic acids is 1. The molecule has 1 fully saturated rings. The predicted molar refractivity (Wildman–Crippen MR) is 72.9 cm³/mol. The third kappa shape index (κ3) is 3.09. The summed E-state index contributed by atoms with van der Waals surface area (Å²) in [4.78, 5) is 13.4. The van der Waals surface area contributed by atoms with Gasteiger partial charge in [-0.15, -0.1) is 3.89 Å². The third-order valence-electron chi connectivity index (χ3n) is 3.45. The number of aromatic hydroxyl groups is 1. The number of phenols is 1. The van der Waals surface area contributed by atoms with Crippen LogP contribution in [0.5, 0.6) is 5.75 Å². The zero-order valence-electron chi connectivity index (χ0n) is 11.3. The van der Waals surface area contributed by atoms with E-state index in [1.165, 1.54) is 4.90 Å². The standard InChI is InChI=1S/C13H16FNO4S/c1-8-4-12(16)9(2)3-11(8)15-6-10(5-13(15)17)7-20(14,18)19/h3-4,10,16H,5-7H2,1-2H3. The first kappa shape index (κ1) is 14.8. The van der Waals surface area contributed by atoms with Crippen molar-refractivity contribution in [2.75, 3.05) is 17.2 Å². The van der Waals surface area contributed by atoms with Crippen LogP contribution < -0.4 is 4.90 Å². The van der Waals surface area contributed by atoms with Crippen molar-refractivity contribution in [3.63, 3.8) is 0 Å². The van der Waals surface area contributed by atoms with Gasteiger partial charge in [-0.2, -0.15) is 8.42 Å². The minimum absolute atomic E-state index is 0.0164. The van der Waals surface area contributed by atoms with Crippen LogP contribution in [-0.4, -0.2) is 31.7 Å². The van der Waals surface area contributed by atoms with Gasteiger partial charge in [0, 0.05) is 24.6 Å². The lowest BCUT2D eigenvalue weighted by atomic mass is 10.1. The molecule has 0 saturated carbocycles. The Labute approximate surface area is 117 Å². The largest absolute Gasteiger partial charge is 0.508 e. The van der Waals surface area contributed by atoms with Crippen LogP contribution in [0, 0.1) is 19.8 Å². The van der Waals surface area contributed by atoms with Gasteiger partial charge in [-0.05, 0) is 37.1 Å². The smallest absolute Gasteiger partial charge is 0.302 e. The van der Waals surface area contributed by atoms with E-state index in [9.17, 15) is 22.2 Å². The molecule has 1 aromatic rings. The summed E-state index contributed by atoms with van der Waals surface area (Å²) in [5.41, 5.74) is 1.97. The second kappa shape index (κ2) is 5.05. The number of anilines is 1. The molecule has 1 aliphatic rings. The molecule has 1 aliphatic heterocycles. The molecule has 1 atom stereocenters. The molecule has 1 N–H and O–H groups in total. The van der Waals surface area contributed by atoms with Crippen LogP contribution in [0.3, 0.4) is 0 Å². The summed E-state index contributed by atoms with van der Waals surface area (Å²) in [5, 5.41) is 9.61. The van der Waals surface area contributed by atoms with Crippen LogP contribution in [0.25, 0.3) is 0 Å². The van der Waals surface area contributed by atoms with Crippen LogP contribution in [0.15, 0.2) is 12.1 Å². The summed E-state index contributed by atoms with van der Waals surface area (Å²) < 4.78 is 34.0. The van der Waals surface area contributed by atoms with E-state index in [4.69, 9.17) is 0 Å². The fourth-order valence-electron chi connectivity index (χ4n) is 2.48. The Morgan fingerprint density at radius 2 is 2.00 bits per heavy atom. The number of rotatable bonds is 3. The third-order valence-corrected chi connectivity index (χ3v) is 4.31. The highest BCUT2D eigenvalue weighted by molar-refractivity contribution is 7.86. The Kier molecular flexibility index (Phi) is 3.73. The molecule has 110 valence electrons. The molecule has 20 heavy (non-hydrogen) atoms. The van der Waals surface area contributed by atoms with Crippen LogP contribution in [0.2, 0.25) is 0 Å². The van der Waals surface area contributed by atoms with Gasteiger partial charge in [-0.3, -0.25) is 4.79 Å². The van der Waals surface area contributed by atoms with E-state index in [1.54, 1.807) is 26.0 Å². The van der Waals surface area contributed by atoms with E-state index in [2.05, 4.69) is 0 Å². The van der Waals surface area contributed by atoms with Gasteiger partial charge in [0.05, 0.1) is 5.75 Å². The van der Waals surface area contributed by atoms with Crippen molar-refractivity contribution < 1.29 is 22.2 Å². The van der Waals surface area contributed by atoms with Crippen molar-refractivity contribution in [1.82, 2.24) is 0 Å². The number of phenolic OH excluding ortho intramolecular Hbond substituents is 1. The first-order valence-electron chi connectivity index (χ1n) is 6.20. The molecule has 1 amide bonds. The molecule has 7 heteroatoms. The molecule has 0 aliphatic carbocycles. The summed E-state index contributed by atoms with van der Waals surface area (Å²) in [6.45, 7) is 3.64. The lowest BCUT2D eigenvalue weighted by Gasteiger charge is -2.20. The maximum absolute atomic E-state index is 12.7. The van der Waals surface area contributed by atoms with Crippen LogP contribution in [-0.2, 0) is 15.0 Å². The number of halogens is 1. The summed E-state index contributed by atoms with van der Waals surface area (Å²) in [6, 6.07) is 3.23. The second-order valence-corrected chi connectivity index (χ2v) is 6.62. The quantitative estimate of drug-likeness (QED) is 0.862. The van der Waals surface area contributed by atoms with E-state index in [0.29, 0.717) is 16.8 Å². The summed E-state index contributed by atoms with van der Waals surface area (Å²) in [7, 11) is -4.58. The van der Waals surface area contributed by atoms with E-state index in [1.807, 2.05) is 0 Å². The Morgan fingerprint density at radius 3 is 2.60 bits per heavy atom. The first-order chi connectivity index (χ1) is 9.17. The fraction of sp³-hybridized carbons (Fsp3) is 0.462. The molecule has 2 rings (SSSR count). The monoisotopic (exact) mass is 301 g/mol. The second-order valence-electron chi connectivity index (χ2n) is 5.21. The number of carbonyl (C=O) groups is 1. The Balaban J connectivity index is 2.26. The molecule has 1 unspecified atom stereocenters. The maximum atomic E-state index is 12.7. The fourth-order valence-corrected chi connectivity index (χ4v) is 3.27. The first-order valence-corrected chi connectivity index (χ1v) is 7.75. The van der Waals surface area contributed by atoms with E-state index in [0.717, 1.165) is 0 Å². The molecular formula is C13H16FNO4S. The summed E-state index contributed by atoms with van der Waals surface area (Å²) >= 11 is 0. The normalized spacial score (nSPS) is 19.6. The van der Waals surface area contributed by atoms with Gasteiger partial charge in [0.1, 0.15) is 5.75 Å². The lowest BCUT2D eigenvalue weighted by Crippen LogP contribution is -2.26. The zero-order chi connectivity index (χ0) is 15.1. The van der Waals surface area contributed by atoms with Crippen molar-refractivity contribution in [1.29, 1.82) is 0 Å². The van der Waals surface area contributed by atoms with Gasteiger partial charge in [-0.25, -0.2) is 0 Å². The van der Waals surface area contributed by atoms with Crippen molar-refractivity contribution in [2.24, 2.45) is 5.92 Å². The van der Waals surface area contributed by atoms with Crippen LogP contribution >= 0.6 is 0 Å². The SMILES string of the molecule is Cc1cc(N2CC(CS(=O)(=O)F)CC2=O)c(C)cc1O. The minimum Gasteiger partial charge on any atom is -0.508 e. The van der Waals surface area contributed by atoms with Gasteiger partial charge in [0.15, 0.2) is 0 Å².